The van der Waals surface area contributed by atoms with Crippen molar-refractivity contribution in [2.24, 2.45) is 4.99 Å². The molecule has 0 saturated heterocycles. The fourth-order valence-electron chi connectivity index (χ4n) is 5.81. The second-order valence-corrected chi connectivity index (χ2v) is 12.9. The third kappa shape index (κ3) is 6.68. The minimum absolute atomic E-state index is 0.203. The highest BCUT2D eigenvalue weighted by Crippen LogP contribution is 2.38. The maximum absolute atomic E-state index is 14.1. The van der Waals surface area contributed by atoms with E-state index in [1.54, 1.807) is 18.4 Å². The highest BCUT2D eigenvalue weighted by molar-refractivity contribution is 9.10. The maximum atomic E-state index is 14.1. The molecular formula is C38H35BrN2O6S. The first-order chi connectivity index (χ1) is 23.3. The quantitative estimate of drug-likeness (QED) is 0.135. The molecule has 2 heterocycles. The van der Waals surface area contributed by atoms with Crippen LogP contribution in [-0.2, 0) is 16.1 Å². The van der Waals surface area contributed by atoms with E-state index >= 15 is 0 Å². The molecule has 1 aromatic heterocycles. The van der Waals surface area contributed by atoms with Gasteiger partial charge in [0, 0.05) is 0 Å². The molecule has 246 valence electrons. The van der Waals surface area contributed by atoms with E-state index in [1.807, 2.05) is 74.5 Å². The van der Waals surface area contributed by atoms with E-state index in [0.717, 1.165) is 27.5 Å². The number of aromatic nitrogens is 1. The van der Waals surface area contributed by atoms with Crippen molar-refractivity contribution in [2.75, 3.05) is 19.8 Å². The van der Waals surface area contributed by atoms with Gasteiger partial charge in [-0.15, -0.1) is 0 Å². The number of halogens is 1. The zero-order valence-corrected chi connectivity index (χ0v) is 29.5. The number of hydrogen-bond donors (Lipinski definition) is 0. The van der Waals surface area contributed by atoms with Crippen molar-refractivity contribution in [1.29, 1.82) is 0 Å². The van der Waals surface area contributed by atoms with Gasteiger partial charge in [-0.3, -0.25) is 9.36 Å². The summed E-state index contributed by atoms with van der Waals surface area (Å²) < 4.78 is 26.1. The number of carbonyl (C=O) groups is 1. The van der Waals surface area contributed by atoms with Crippen LogP contribution in [0.2, 0.25) is 0 Å². The molecule has 6 rings (SSSR count). The first-order valence-corrected chi connectivity index (χ1v) is 17.4. The molecule has 0 amide bonds. The number of fused-ring (bicyclic) bond motifs is 2. The summed E-state index contributed by atoms with van der Waals surface area (Å²) in [5, 5.41) is 2.28. The Balaban J connectivity index is 1.40. The van der Waals surface area contributed by atoms with Crippen molar-refractivity contribution in [3.63, 3.8) is 0 Å². The van der Waals surface area contributed by atoms with Gasteiger partial charge in [-0.25, -0.2) is 9.79 Å². The second kappa shape index (κ2) is 14.6. The molecule has 1 aliphatic rings. The molecule has 0 spiro atoms. The Labute approximate surface area is 290 Å². The van der Waals surface area contributed by atoms with Gasteiger partial charge < -0.3 is 18.9 Å². The van der Waals surface area contributed by atoms with Crippen LogP contribution in [0, 0.1) is 0 Å². The summed E-state index contributed by atoms with van der Waals surface area (Å²) in [7, 11) is 0. The van der Waals surface area contributed by atoms with Gasteiger partial charge >= 0.3 is 5.97 Å². The minimum Gasteiger partial charge on any atom is -0.494 e. The SMILES string of the molecule is CCOC(=O)C1=C(C)N=c2s/c(=C/c3cc(Br)c(OCc4cccc5ccccc45)c(OCC)c3)c(=O)n2C1c1ccc(OCC)cc1. The van der Waals surface area contributed by atoms with Crippen molar-refractivity contribution in [3.8, 4) is 17.2 Å². The average Bonchev–Trinajstić information content (AvgIpc) is 3.38. The van der Waals surface area contributed by atoms with Crippen molar-refractivity contribution in [3.05, 3.63) is 131 Å². The molecule has 0 radical (unpaired) electrons. The Morgan fingerprint density at radius 2 is 1.69 bits per heavy atom. The average molecular weight is 728 g/mol. The summed E-state index contributed by atoms with van der Waals surface area (Å²) in [5.41, 5.74) is 3.12. The first kappa shape index (κ1) is 33.2. The number of nitrogens with zero attached hydrogens (tertiary/aromatic N) is 2. The lowest BCUT2D eigenvalue weighted by Crippen LogP contribution is -2.39. The highest BCUT2D eigenvalue weighted by atomic mass is 79.9. The number of rotatable bonds is 11. The summed E-state index contributed by atoms with van der Waals surface area (Å²) in [5.74, 6) is 1.33. The third-order valence-electron chi connectivity index (χ3n) is 7.91. The molecule has 1 aliphatic heterocycles. The van der Waals surface area contributed by atoms with Crippen molar-refractivity contribution < 1.29 is 23.7 Å². The lowest BCUT2D eigenvalue weighted by Gasteiger charge is -2.24. The van der Waals surface area contributed by atoms with E-state index in [1.165, 1.54) is 11.3 Å². The Kier molecular flexibility index (Phi) is 10.1. The van der Waals surface area contributed by atoms with Crippen LogP contribution in [0.25, 0.3) is 16.8 Å². The third-order valence-corrected chi connectivity index (χ3v) is 9.48. The second-order valence-electron chi connectivity index (χ2n) is 11.0. The number of allylic oxidation sites excluding steroid dienone is 1. The molecule has 0 saturated carbocycles. The van der Waals surface area contributed by atoms with Crippen LogP contribution in [0.3, 0.4) is 0 Å². The molecule has 0 fully saturated rings. The lowest BCUT2D eigenvalue weighted by molar-refractivity contribution is -0.139. The van der Waals surface area contributed by atoms with Crippen LogP contribution in [-0.4, -0.2) is 30.4 Å². The standard InChI is InChI=1S/C38H35BrN2O6S/c1-5-44-28-17-15-26(16-18-28)34-33(37(43)46-7-3)23(4)40-38-41(34)36(42)32(48-38)21-24-19-30(39)35(31(20-24)45-6-2)47-22-27-13-10-12-25-11-8-9-14-29(25)27/h8-21,34H,5-7,22H2,1-4H3/b32-21+. The van der Waals surface area contributed by atoms with Crippen LogP contribution < -0.4 is 29.1 Å². The Hall–Kier alpha value is -4.67. The zero-order chi connectivity index (χ0) is 33.8. The summed E-state index contributed by atoms with van der Waals surface area (Å²) in [4.78, 5) is 32.6. The van der Waals surface area contributed by atoms with Gasteiger partial charge in [-0.05, 0) is 101 Å². The molecule has 4 aromatic carbocycles. The zero-order valence-electron chi connectivity index (χ0n) is 27.1. The number of benzene rings is 4. The van der Waals surface area contributed by atoms with Crippen molar-refractivity contribution >= 4 is 50.1 Å². The van der Waals surface area contributed by atoms with E-state index in [2.05, 4.69) is 40.2 Å². The van der Waals surface area contributed by atoms with Crippen LogP contribution >= 0.6 is 27.3 Å². The van der Waals surface area contributed by atoms with Crippen molar-refractivity contribution in [1.82, 2.24) is 4.57 Å². The van der Waals surface area contributed by atoms with Gasteiger partial charge in [0.1, 0.15) is 12.4 Å². The number of esters is 1. The minimum atomic E-state index is -0.714. The maximum Gasteiger partial charge on any atom is 0.338 e. The number of carbonyl (C=O) groups excluding carboxylic acids is 1. The predicted molar refractivity (Wildman–Crippen MR) is 192 cm³/mol. The highest BCUT2D eigenvalue weighted by Gasteiger charge is 2.33. The fourth-order valence-corrected chi connectivity index (χ4v) is 7.43. The molecule has 1 unspecified atom stereocenters. The summed E-state index contributed by atoms with van der Waals surface area (Å²) in [6.07, 6.45) is 1.81. The Bertz CT molecular complexity index is 2200. The fraction of sp³-hybridized carbons (Fsp3) is 0.237. The first-order valence-electron chi connectivity index (χ1n) is 15.8. The molecule has 0 N–H and O–H groups in total. The monoisotopic (exact) mass is 726 g/mol. The van der Waals surface area contributed by atoms with Gasteiger partial charge in [0.25, 0.3) is 5.56 Å². The van der Waals surface area contributed by atoms with E-state index in [4.69, 9.17) is 23.9 Å². The molecule has 48 heavy (non-hydrogen) atoms. The summed E-state index contributed by atoms with van der Waals surface area (Å²) in [6.45, 7) is 8.87. The largest absolute Gasteiger partial charge is 0.494 e. The van der Waals surface area contributed by atoms with Crippen LogP contribution in [0.5, 0.6) is 17.2 Å². The predicted octanol–water partition coefficient (Wildman–Crippen LogP) is 7.09. The topological polar surface area (TPSA) is 88.4 Å². The smallest absolute Gasteiger partial charge is 0.338 e. The number of hydrogen-bond acceptors (Lipinski definition) is 8. The molecule has 10 heteroatoms. The van der Waals surface area contributed by atoms with E-state index in [0.29, 0.717) is 62.1 Å². The molecule has 5 aromatic rings. The molecule has 1 atom stereocenters. The summed E-state index contributed by atoms with van der Waals surface area (Å²) >= 11 is 4.96. The molecular weight excluding hydrogens is 692 g/mol. The molecule has 0 aliphatic carbocycles. The molecule has 8 nitrogen and oxygen atoms in total. The van der Waals surface area contributed by atoms with E-state index in [-0.39, 0.29) is 12.2 Å². The Morgan fingerprint density at radius 1 is 0.938 bits per heavy atom. The number of thiazole rings is 1. The summed E-state index contributed by atoms with van der Waals surface area (Å²) in [6, 6.07) is 24.8. The Morgan fingerprint density at radius 3 is 2.44 bits per heavy atom. The van der Waals surface area contributed by atoms with E-state index < -0.39 is 12.0 Å². The molecule has 0 bridgehead atoms. The van der Waals surface area contributed by atoms with Crippen LogP contribution in [0.4, 0.5) is 0 Å². The van der Waals surface area contributed by atoms with Gasteiger partial charge in [-0.1, -0.05) is 65.9 Å². The van der Waals surface area contributed by atoms with Crippen molar-refractivity contribution in [2.45, 2.75) is 40.3 Å². The lowest BCUT2D eigenvalue weighted by atomic mass is 9.96. The normalized spacial score (nSPS) is 14.4. The van der Waals surface area contributed by atoms with E-state index in [9.17, 15) is 9.59 Å². The van der Waals surface area contributed by atoms with Gasteiger partial charge in [-0.2, -0.15) is 0 Å². The van der Waals surface area contributed by atoms with Crippen LogP contribution in [0.1, 0.15) is 50.4 Å². The number of ether oxygens (including phenoxy) is 4. The van der Waals surface area contributed by atoms with Gasteiger partial charge in [0.05, 0.1) is 46.1 Å². The van der Waals surface area contributed by atoms with Crippen LogP contribution in [0.15, 0.2) is 104 Å². The van der Waals surface area contributed by atoms with Gasteiger partial charge in [0.15, 0.2) is 16.3 Å². The van der Waals surface area contributed by atoms with Gasteiger partial charge in [0.2, 0.25) is 0 Å².